The van der Waals surface area contributed by atoms with E-state index < -0.39 is 0 Å². The Hall–Kier alpha value is -1.10. The molecule has 2 aromatic rings. The zero-order chi connectivity index (χ0) is 13.0. The van der Waals surface area contributed by atoms with Crippen LogP contribution in [0.2, 0.25) is 0 Å². The van der Waals surface area contributed by atoms with Crippen LogP contribution in [0.4, 0.5) is 0 Å². The van der Waals surface area contributed by atoms with Crippen LogP contribution in [0.5, 0.6) is 0 Å². The first-order chi connectivity index (χ1) is 8.69. The van der Waals surface area contributed by atoms with Gasteiger partial charge in [0, 0.05) is 29.6 Å². The zero-order valence-corrected chi connectivity index (χ0v) is 11.7. The molecule has 2 N–H and O–H groups in total. The van der Waals surface area contributed by atoms with Crippen molar-refractivity contribution in [1.82, 2.24) is 4.90 Å². The summed E-state index contributed by atoms with van der Waals surface area (Å²) in [4.78, 5) is 3.78. The van der Waals surface area contributed by atoms with Gasteiger partial charge in [-0.1, -0.05) is 6.07 Å². The lowest BCUT2D eigenvalue weighted by molar-refractivity contribution is 0.189. The lowest BCUT2D eigenvalue weighted by Crippen LogP contribution is -2.29. The van der Waals surface area contributed by atoms with Gasteiger partial charge >= 0.3 is 0 Å². The maximum absolute atomic E-state index is 5.59. The van der Waals surface area contributed by atoms with Gasteiger partial charge in [0.05, 0.1) is 12.8 Å². The molecule has 0 aliphatic rings. The van der Waals surface area contributed by atoms with Gasteiger partial charge in [0.25, 0.3) is 0 Å². The molecule has 0 saturated heterocycles. The summed E-state index contributed by atoms with van der Waals surface area (Å²) in [6.07, 6.45) is 1.75. The molecule has 0 aliphatic carbocycles. The van der Waals surface area contributed by atoms with Crippen LogP contribution in [0.3, 0.4) is 0 Å². The van der Waals surface area contributed by atoms with E-state index in [0.717, 1.165) is 24.4 Å². The molecule has 2 rings (SSSR count). The summed E-state index contributed by atoms with van der Waals surface area (Å²) in [5, 5.41) is 2.12. The second-order valence-corrected chi connectivity index (χ2v) is 5.74. The molecule has 0 aromatic carbocycles. The third kappa shape index (κ3) is 3.45. The van der Waals surface area contributed by atoms with Crippen molar-refractivity contribution < 1.29 is 4.42 Å². The summed E-state index contributed by atoms with van der Waals surface area (Å²) < 4.78 is 5.54. The van der Waals surface area contributed by atoms with Crippen LogP contribution in [0.15, 0.2) is 34.3 Å². The Morgan fingerprint density at radius 2 is 2.22 bits per heavy atom. The Labute approximate surface area is 112 Å². The van der Waals surface area contributed by atoms with E-state index in [2.05, 4.69) is 36.3 Å². The summed E-state index contributed by atoms with van der Waals surface area (Å²) in [6.45, 7) is 6.75. The van der Waals surface area contributed by atoms with Crippen LogP contribution in [0.25, 0.3) is 0 Å². The van der Waals surface area contributed by atoms with Crippen molar-refractivity contribution in [3.05, 3.63) is 46.0 Å². The minimum absolute atomic E-state index is 0.485. The van der Waals surface area contributed by atoms with E-state index in [1.54, 1.807) is 17.6 Å². The highest BCUT2D eigenvalue weighted by atomic mass is 32.1. The molecule has 0 saturated carbocycles. The second kappa shape index (κ2) is 6.18. The van der Waals surface area contributed by atoms with Crippen molar-refractivity contribution in [2.45, 2.75) is 39.5 Å². The number of rotatable bonds is 6. The highest BCUT2D eigenvalue weighted by molar-refractivity contribution is 7.09. The van der Waals surface area contributed by atoms with Gasteiger partial charge in [-0.25, -0.2) is 0 Å². The van der Waals surface area contributed by atoms with Crippen molar-refractivity contribution in [2.24, 2.45) is 5.73 Å². The topological polar surface area (TPSA) is 42.4 Å². The minimum Gasteiger partial charge on any atom is -0.468 e. The number of hydrogen-bond donors (Lipinski definition) is 1. The molecular formula is C14H20N2OS. The standard InChI is InChI=1S/C14H20N2OS/c1-11(2)16(9-14-4-3-5-18-14)8-13-6-12(7-15)10-17-13/h3-6,10-11H,7-9,15H2,1-2H3. The smallest absolute Gasteiger partial charge is 0.118 e. The van der Waals surface area contributed by atoms with Crippen molar-refractivity contribution in [2.75, 3.05) is 0 Å². The largest absolute Gasteiger partial charge is 0.468 e. The van der Waals surface area contributed by atoms with E-state index in [1.807, 2.05) is 6.07 Å². The van der Waals surface area contributed by atoms with E-state index in [9.17, 15) is 0 Å². The lowest BCUT2D eigenvalue weighted by atomic mass is 10.2. The van der Waals surface area contributed by atoms with E-state index in [0.29, 0.717) is 12.6 Å². The first-order valence-electron chi connectivity index (χ1n) is 6.22. The molecule has 2 heterocycles. The molecule has 0 atom stereocenters. The first-order valence-corrected chi connectivity index (χ1v) is 7.09. The molecule has 0 unspecified atom stereocenters. The molecule has 0 bridgehead atoms. The average molecular weight is 264 g/mol. The summed E-state index contributed by atoms with van der Waals surface area (Å²) in [5.41, 5.74) is 6.65. The van der Waals surface area contributed by atoms with Crippen molar-refractivity contribution in [3.8, 4) is 0 Å². The lowest BCUT2D eigenvalue weighted by Gasteiger charge is -2.24. The fraction of sp³-hybridized carbons (Fsp3) is 0.429. The van der Waals surface area contributed by atoms with Gasteiger partial charge in [0.1, 0.15) is 5.76 Å². The monoisotopic (exact) mass is 264 g/mol. The van der Waals surface area contributed by atoms with Crippen LogP contribution in [-0.4, -0.2) is 10.9 Å². The zero-order valence-electron chi connectivity index (χ0n) is 10.9. The van der Waals surface area contributed by atoms with Crippen LogP contribution in [0, 0.1) is 0 Å². The van der Waals surface area contributed by atoms with Crippen LogP contribution in [0.1, 0.15) is 30.0 Å². The molecule has 2 aromatic heterocycles. The normalized spacial score (nSPS) is 11.6. The molecule has 0 spiro atoms. The summed E-state index contributed by atoms with van der Waals surface area (Å²) in [7, 11) is 0. The Kier molecular flexibility index (Phi) is 4.58. The summed E-state index contributed by atoms with van der Waals surface area (Å²) >= 11 is 1.80. The Morgan fingerprint density at radius 3 is 2.78 bits per heavy atom. The van der Waals surface area contributed by atoms with Gasteiger partial charge in [-0.05, 0) is 31.4 Å². The summed E-state index contributed by atoms with van der Waals surface area (Å²) in [5.74, 6) is 0.987. The molecule has 4 heteroatoms. The van der Waals surface area contributed by atoms with Gasteiger partial charge in [0.15, 0.2) is 0 Å². The van der Waals surface area contributed by atoms with Crippen molar-refractivity contribution in [3.63, 3.8) is 0 Å². The molecule has 3 nitrogen and oxygen atoms in total. The van der Waals surface area contributed by atoms with Gasteiger partial charge in [0.2, 0.25) is 0 Å². The minimum atomic E-state index is 0.485. The van der Waals surface area contributed by atoms with Crippen LogP contribution in [-0.2, 0) is 19.6 Å². The summed E-state index contributed by atoms with van der Waals surface area (Å²) in [6, 6.07) is 6.80. The van der Waals surface area contributed by atoms with E-state index in [4.69, 9.17) is 10.2 Å². The fourth-order valence-corrected chi connectivity index (χ4v) is 2.57. The van der Waals surface area contributed by atoms with Crippen molar-refractivity contribution >= 4 is 11.3 Å². The first kappa shape index (κ1) is 13.3. The highest BCUT2D eigenvalue weighted by Gasteiger charge is 2.13. The molecule has 0 aliphatic heterocycles. The van der Waals surface area contributed by atoms with E-state index >= 15 is 0 Å². The van der Waals surface area contributed by atoms with Crippen molar-refractivity contribution in [1.29, 1.82) is 0 Å². The maximum Gasteiger partial charge on any atom is 0.118 e. The second-order valence-electron chi connectivity index (χ2n) is 4.70. The quantitative estimate of drug-likeness (QED) is 0.871. The fourth-order valence-electron chi connectivity index (χ4n) is 1.84. The average Bonchev–Trinajstić information content (AvgIpc) is 2.99. The van der Waals surface area contributed by atoms with Gasteiger partial charge in [-0.15, -0.1) is 11.3 Å². The Balaban J connectivity index is 2.02. The predicted octanol–water partition coefficient (Wildman–Crippen LogP) is 3.21. The molecule has 0 fully saturated rings. The van der Waals surface area contributed by atoms with Crippen LogP contribution >= 0.6 is 11.3 Å². The molecular weight excluding hydrogens is 244 g/mol. The van der Waals surface area contributed by atoms with Gasteiger partial charge in [-0.3, -0.25) is 4.90 Å². The number of hydrogen-bond acceptors (Lipinski definition) is 4. The number of furan rings is 1. The molecule has 0 radical (unpaired) electrons. The third-order valence-corrected chi connectivity index (χ3v) is 3.83. The SMILES string of the molecule is CC(C)N(Cc1cc(CN)co1)Cc1cccs1. The molecule has 0 amide bonds. The molecule has 98 valence electrons. The number of thiophene rings is 1. The Morgan fingerprint density at radius 1 is 1.39 bits per heavy atom. The predicted molar refractivity (Wildman–Crippen MR) is 75.3 cm³/mol. The van der Waals surface area contributed by atoms with Crippen LogP contribution < -0.4 is 5.73 Å². The van der Waals surface area contributed by atoms with E-state index in [1.165, 1.54) is 4.88 Å². The maximum atomic E-state index is 5.59. The Bertz CT molecular complexity index is 462. The highest BCUT2D eigenvalue weighted by Crippen LogP contribution is 2.17. The van der Waals surface area contributed by atoms with Gasteiger partial charge in [-0.2, -0.15) is 0 Å². The van der Waals surface area contributed by atoms with Gasteiger partial charge < -0.3 is 10.2 Å². The molecule has 18 heavy (non-hydrogen) atoms. The number of nitrogens with two attached hydrogens (primary N) is 1. The third-order valence-electron chi connectivity index (χ3n) is 2.97. The van der Waals surface area contributed by atoms with E-state index in [-0.39, 0.29) is 0 Å². The number of nitrogens with zero attached hydrogens (tertiary/aromatic N) is 1.